The van der Waals surface area contributed by atoms with E-state index in [2.05, 4.69) is 0 Å². The minimum atomic E-state index is -0.0820. The molecule has 0 heterocycles. The lowest BCUT2D eigenvalue weighted by atomic mass is 10.1. The first-order chi connectivity index (χ1) is 9.08. The average Bonchev–Trinajstić information content (AvgIpc) is 2.38. The molecule has 0 fully saturated rings. The van der Waals surface area contributed by atoms with Gasteiger partial charge in [0.05, 0.1) is 5.56 Å². The molecule has 0 bridgehead atoms. The largest absolute Gasteiger partial charge is 0.488 e. The van der Waals surface area contributed by atoms with Crippen molar-refractivity contribution < 1.29 is 9.53 Å². The van der Waals surface area contributed by atoms with Crippen LogP contribution in [0.4, 0.5) is 5.69 Å². The van der Waals surface area contributed by atoms with Crippen molar-refractivity contribution in [2.45, 2.75) is 13.5 Å². The summed E-state index contributed by atoms with van der Waals surface area (Å²) in [5.74, 6) is 0.433. The van der Waals surface area contributed by atoms with Crippen molar-refractivity contribution in [3.63, 3.8) is 0 Å². The molecule has 0 aliphatic rings. The predicted molar refractivity (Wildman–Crippen MR) is 76.6 cm³/mol. The van der Waals surface area contributed by atoms with Gasteiger partial charge in [-0.25, -0.2) is 0 Å². The molecule has 2 aromatic rings. The van der Waals surface area contributed by atoms with Crippen LogP contribution >= 0.6 is 11.6 Å². The van der Waals surface area contributed by atoms with Crippen molar-refractivity contribution in [2.24, 2.45) is 0 Å². The number of hydrogen-bond acceptors (Lipinski definition) is 3. The van der Waals surface area contributed by atoms with Crippen molar-refractivity contribution in [1.29, 1.82) is 0 Å². The Kier molecular flexibility index (Phi) is 4.07. The number of halogens is 1. The van der Waals surface area contributed by atoms with Gasteiger partial charge in [0.25, 0.3) is 0 Å². The molecule has 98 valence electrons. The topological polar surface area (TPSA) is 52.3 Å². The minimum Gasteiger partial charge on any atom is -0.488 e. The maximum atomic E-state index is 11.5. The number of carbonyl (C=O) groups excluding carboxylic acids is 1. The van der Waals surface area contributed by atoms with E-state index in [1.54, 1.807) is 24.3 Å². The van der Waals surface area contributed by atoms with Crippen LogP contribution in [0.3, 0.4) is 0 Å². The third-order valence-electron chi connectivity index (χ3n) is 2.72. The van der Waals surface area contributed by atoms with E-state index in [0.717, 1.165) is 5.56 Å². The van der Waals surface area contributed by atoms with Crippen molar-refractivity contribution in [1.82, 2.24) is 0 Å². The highest BCUT2D eigenvalue weighted by molar-refractivity contribution is 6.31. The van der Waals surface area contributed by atoms with Gasteiger partial charge in [-0.1, -0.05) is 29.8 Å². The molecular formula is C15H14ClNO2. The van der Waals surface area contributed by atoms with Crippen molar-refractivity contribution in [3.05, 3.63) is 58.6 Å². The number of anilines is 1. The van der Waals surface area contributed by atoms with Gasteiger partial charge in [0.15, 0.2) is 5.78 Å². The zero-order valence-corrected chi connectivity index (χ0v) is 11.3. The summed E-state index contributed by atoms with van der Waals surface area (Å²) in [5.41, 5.74) is 7.55. The number of ether oxygens (including phenoxy) is 1. The van der Waals surface area contributed by atoms with Gasteiger partial charge in [0, 0.05) is 16.3 Å². The highest BCUT2D eigenvalue weighted by atomic mass is 35.5. The second-order valence-corrected chi connectivity index (χ2v) is 4.60. The summed E-state index contributed by atoms with van der Waals surface area (Å²) < 4.78 is 5.66. The number of rotatable bonds is 4. The highest BCUT2D eigenvalue weighted by Crippen LogP contribution is 2.24. The Morgan fingerprint density at radius 1 is 1.26 bits per heavy atom. The first kappa shape index (κ1) is 13.4. The molecule has 0 atom stereocenters. The number of ketones is 1. The van der Waals surface area contributed by atoms with Crippen molar-refractivity contribution >= 4 is 23.1 Å². The summed E-state index contributed by atoms with van der Waals surface area (Å²) in [6, 6.07) is 12.4. The molecule has 0 spiro atoms. The van der Waals surface area contributed by atoms with E-state index in [4.69, 9.17) is 22.1 Å². The third-order valence-corrected chi connectivity index (χ3v) is 3.09. The molecule has 0 aliphatic carbocycles. The monoisotopic (exact) mass is 275 g/mol. The molecule has 0 aromatic heterocycles. The first-order valence-electron chi connectivity index (χ1n) is 5.84. The van der Waals surface area contributed by atoms with Gasteiger partial charge in [-0.3, -0.25) is 4.79 Å². The molecule has 2 N–H and O–H groups in total. The van der Waals surface area contributed by atoms with Crippen LogP contribution in [0.1, 0.15) is 22.8 Å². The van der Waals surface area contributed by atoms with E-state index < -0.39 is 0 Å². The summed E-state index contributed by atoms with van der Waals surface area (Å²) in [5, 5.41) is 0.641. The van der Waals surface area contributed by atoms with E-state index in [1.807, 2.05) is 18.2 Å². The number of benzene rings is 2. The van der Waals surface area contributed by atoms with E-state index in [0.29, 0.717) is 28.6 Å². The Hall–Kier alpha value is -2.00. The SMILES string of the molecule is CC(=O)c1cc(N)ccc1OCc1ccccc1Cl. The maximum Gasteiger partial charge on any atom is 0.163 e. The zero-order chi connectivity index (χ0) is 13.8. The Bertz CT molecular complexity index is 611. The van der Waals surface area contributed by atoms with E-state index >= 15 is 0 Å². The molecule has 4 heteroatoms. The third kappa shape index (κ3) is 3.26. The summed E-state index contributed by atoms with van der Waals surface area (Å²) in [7, 11) is 0. The van der Waals surface area contributed by atoms with E-state index in [9.17, 15) is 4.79 Å². The molecule has 0 aliphatic heterocycles. The zero-order valence-electron chi connectivity index (χ0n) is 10.5. The molecule has 0 radical (unpaired) electrons. The lowest BCUT2D eigenvalue weighted by Crippen LogP contribution is -2.03. The molecule has 0 saturated heterocycles. The Balaban J connectivity index is 2.20. The fraction of sp³-hybridized carbons (Fsp3) is 0.133. The Morgan fingerprint density at radius 3 is 2.68 bits per heavy atom. The van der Waals surface area contributed by atoms with Crippen LogP contribution < -0.4 is 10.5 Å². The second kappa shape index (κ2) is 5.76. The fourth-order valence-electron chi connectivity index (χ4n) is 1.72. The van der Waals surface area contributed by atoms with Crippen LogP contribution in [0, 0.1) is 0 Å². The predicted octanol–water partition coefficient (Wildman–Crippen LogP) is 3.70. The number of nitrogens with two attached hydrogens (primary N) is 1. The van der Waals surface area contributed by atoms with Crippen molar-refractivity contribution in [3.8, 4) is 5.75 Å². The van der Waals surface area contributed by atoms with E-state index in [-0.39, 0.29) is 5.78 Å². The molecule has 0 amide bonds. The van der Waals surface area contributed by atoms with Crippen LogP contribution in [0.2, 0.25) is 5.02 Å². The first-order valence-corrected chi connectivity index (χ1v) is 6.22. The summed E-state index contributed by atoms with van der Waals surface area (Å²) in [6.45, 7) is 1.79. The Labute approximate surface area is 117 Å². The lowest BCUT2D eigenvalue weighted by molar-refractivity contribution is 0.101. The molecule has 3 nitrogen and oxygen atoms in total. The molecule has 2 rings (SSSR count). The number of hydrogen-bond donors (Lipinski definition) is 1. The molecule has 0 unspecified atom stereocenters. The normalized spacial score (nSPS) is 10.2. The molecular weight excluding hydrogens is 262 g/mol. The number of nitrogen functional groups attached to an aromatic ring is 1. The van der Waals surface area contributed by atoms with Gasteiger partial charge in [-0.05, 0) is 31.2 Å². The van der Waals surface area contributed by atoms with Gasteiger partial charge < -0.3 is 10.5 Å². The minimum absolute atomic E-state index is 0.0820. The maximum absolute atomic E-state index is 11.5. The average molecular weight is 276 g/mol. The Morgan fingerprint density at radius 2 is 2.00 bits per heavy atom. The van der Waals surface area contributed by atoms with Crippen LogP contribution in [0.5, 0.6) is 5.75 Å². The van der Waals surface area contributed by atoms with Crippen LogP contribution in [-0.2, 0) is 6.61 Å². The fourth-order valence-corrected chi connectivity index (χ4v) is 1.91. The number of Topliss-reactive ketones (excluding diaryl/α,β-unsaturated/α-hetero) is 1. The smallest absolute Gasteiger partial charge is 0.163 e. The summed E-state index contributed by atoms with van der Waals surface area (Å²) in [6.07, 6.45) is 0. The van der Waals surface area contributed by atoms with Gasteiger partial charge in [-0.2, -0.15) is 0 Å². The van der Waals surface area contributed by atoms with Gasteiger partial charge in [0.1, 0.15) is 12.4 Å². The molecule has 19 heavy (non-hydrogen) atoms. The van der Waals surface area contributed by atoms with E-state index in [1.165, 1.54) is 6.92 Å². The molecule has 2 aromatic carbocycles. The standard InChI is InChI=1S/C15H14ClNO2/c1-10(18)13-8-12(17)6-7-15(13)19-9-11-4-2-3-5-14(11)16/h2-8H,9,17H2,1H3. The number of carbonyl (C=O) groups is 1. The lowest BCUT2D eigenvalue weighted by Gasteiger charge is -2.11. The van der Waals surface area contributed by atoms with Gasteiger partial charge in [-0.15, -0.1) is 0 Å². The molecule has 0 saturated carbocycles. The van der Waals surface area contributed by atoms with Crippen molar-refractivity contribution in [2.75, 3.05) is 5.73 Å². The van der Waals surface area contributed by atoms with Crippen LogP contribution in [-0.4, -0.2) is 5.78 Å². The quantitative estimate of drug-likeness (QED) is 0.684. The highest BCUT2D eigenvalue weighted by Gasteiger charge is 2.09. The summed E-state index contributed by atoms with van der Waals surface area (Å²) >= 11 is 6.05. The van der Waals surface area contributed by atoms with Crippen LogP contribution in [0.25, 0.3) is 0 Å². The van der Waals surface area contributed by atoms with Gasteiger partial charge in [0.2, 0.25) is 0 Å². The van der Waals surface area contributed by atoms with Crippen LogP contribution in [0.15, 0.2) is 42.5 Å². The van der Waals surface area contributed by atoms with Gasteiger partial charge >= 0.3 is 0 Å². The summed E-state index contributed by atoms with van der Waals surface area (Å²) in [4.78, 5) is 11.5. The second-order valence-electron chi connectivity index (χ2n) is 4.19.